The van der Waals surface area contributed by atoms with Crippen molar-refractivity contribution in [2.45, 2.75) is 6.92 Å². The van der Waals surface area contributed by atoms with Crippen molar-refractivity contribution >= 4 is 23.1 Å². The number of carbonyl (C=O) groups is 2. The van der Waals surface area contributed by atoms with Crippen molar-refractivity contribution < 1.29 is 14.0 Å². The molecule has 1 aliphatic heterocycles. The van der Waals surface area contributed by atoms with E-state index in [2.05, 4.69) is 11.9 Å². The third kappa shape index (κ3) is 3.21. The fourth-order valence-electron chi connectivity index (χ4n) is 2.65. The topological polar surface area (TPSA) is 49.4 Å². The van der Waals surface area contributed by atoms with Crippen LogP contribution in [0.4, 0.5) is 10.1 Å². The summed E-state index contributed by atoms with van der Waals surface area (Å²) in [5.41, 5.74) is 2.72. The number of hydrogen-bond donors (Lipinski definition) is 1. The van der Waals surface area contributed by atoms with E-state index < -0.39 is 5.91 Å². The molecule has 0 atom stereocenters. The highest BCUT2D eigenvalue weighted by molar-refractivity contribution is 6.36. The summed E-state index contributed by atoms with van der Waals surface area (Å²) < 4.78 is 13.1. The first kappa shape index (κ1) is 16.6. The summed E-state index contributed by atoms with van der Waals surface area (Å²) in [5, 5.41) is 2.97. The van der Waals surface area contributed by atoms with E-state index in [4.69, 9.17) is 0 Å². The third-order valence-corrected chi connectivity index (χ3v) is 3.93. The number of nitrogens with zero attached hydrogens (tertiary/aromatic N) is 1. The Bertz CT molecular complexity index is 868. The Morgan fingerprint density at radius 1 is 1.04 bits per heavy atom. The van der Waals surface area contributed by atoms with Gasteiger partial charge in [-0.15, -0.1) is 6.58 Å². The normalized spacial score (nSPS) is 14.2. The SMILES string of the molecule is C=CCN1C(=O)C(Nc2ccc(F)cc2)=C(c2ccc(C)cc2)C1=O. The van der Waals surface area contributed by atoms with Crippen LogP contribution in [0.15, 0.2) is 66.9 Å². The molecular formula is C20H17FN2O2. The van der Waals surface area contributed by atoms with E-state index in [1.165, 1.54) is 30.3 Å². The van der Waals surface area contributed by atoms with Gasteiger partial charge in [0, 0.05) is 12.2 Å². The molecule has 2 amide bonds. The van der Waals surface area contributed by atoms with Gasteiger partial charge in [-0.3, -0.25) is 14.5 Å². The van der Waals surface area contributed by atoms with E-state index in [0.717, 1.165) is 10.5 Å². The lowest BCUT2D eigenvalue weighted by atomic mass is 10.0. The Kier molecular flexibility index (Phi) is 4.48. The Labute approximate surface area is 145 Å². The maximum Gasteiger partial charge on any atom is 0.278 e. The molecule has 0 bridgehead atoms. The maximum atomic E-state index is 13.1. The van der Waals surface area contributed by atoms with Gasteiger partial charge in [0.15, 0.2) is 0 Å². The minimum Gasteiger partial charge on any atom is -0.350 e. The molecule has 0 unspecified atom stereocenters. The van der Waals surface area contributed by atoms with Gasteiger partial charge in [0.1, 0.15) is 11.5 Å². The van der Waals surface area contributed by atoms with E-state index >= 15 is 0 Å². The molecule has 0 saturated carbocycles. The largest absolute Gasteiger partial charge is 0.350 e. The van der Waals surface area contributed by atoms with Gasteiger partial charge in [-0.2, -0.15) is 0 Å². The van der Waals surface area contributed by atoms with Crippen LogP contribution in [0.3, 0.4) is 0 Å². The van der Waals surface area contributed by atoms with Crippen molar-refractivity contribution in [3.05, 3.63) is 83.8 Å². The van der Waals surface area contributed by atoms with Crippen molar-refractivity contribution in [3.8, 4) is 0 Å². The highest BCUT2D eigenvalue weighted by Crippen LogP contribution is 2.30. The number of rotatable bonds is 5. The molecule has 2 aromatic rings. The van der Waals surface area contributed by atoms with Crippen LogP contribution in [0.5, 0.6) is 0 Å². The van der Waals surface area contributed by atoms with Crippen molar-refractivity contribution in [1.29, 1.82) is 0 Å². The average Bonchev–Trinajstić information content (AvgIpc) is 2.83. The Balaban J connectivity index is 2.06. The van der Waals surface area contributed by atoms with Crippen LogP contribution in [-0.4, -0.2) is 23.3 Å². The monoisotopic (exact) mass is 336 g/mol. The lowest BCUT2D eigenvalue weighted by Crippen LogP contribution is -2.32. The summed E-state index contributed by atoms with van der Waals surface area (Å²) in [4.78, 5) is 26.6. The lowest BCUT2D eigenvalue weighted by molar-refractivity contribution is -0.136. The summed E-state index contributed by atoms with van der Waals surface area (Å²) in [5.74, 6) is -1.18. The number of imide groups is 1. The van der Waals surface area contributed by atoms with Crippen LogP contribution in [0.25, 0.3) is 5.57 Å². The summed E-state index contributed by atoms with van der Waals surface area (Å²) >= 11 is 0. The predicted octanol–water partition coefficient (Wildman–Crippen LogP) is 3.51. The average molecular weight is 336 g/mol. The molecule has 0 spiro atoms. The molecule has 0 aromatic heterocycles. The molecule has 0 aliphatic carbocycles. The van der Waals surface area contributed by atoms with Crippen molar-refractivity contribution in [3.63, 3.8) is 0 Å². The van der Waals surface area contributed by atoms with Crippen LogP contribution < -0.4 is 5.32 Å². The van der Waals surface area contributed by atoms with E-state index in [-0.39, 0.29) is 24.0 Å². The molecule has 1 heterocycles. The van der Waals surface area contributed by atoms with Crippen LogP contribution in [0.1, 0.15) is 11.1 Å². The zero-order valence-corrected chi connectivity index (χ0v) is 13.8. The Morgan fingerprint density at radius 2 is 1.68 bits per heavy atom. The number of amides is 2. The molecular weight excluding hydrogens is 319 g/mol. The number of benzene rings is 2. The van der Waals surface area contributed by atoms with Gasteiger partial charge >= 0.3 is 0 Å². The minimum absolute atomic E-state index is 0.127. The second kappa shape index (κ2) is 6.73. The first-order valence-corrected chi connectivity index (χ1v) is 7.82. The summed E-state index contributed by atoms with van der Waals surface area (Å²) in [6, 6.07) is 13.0. The van der Waals surface area contributed by atoms with Gasteiger partial charge in [0.2, 0.25) is 0 Å². The molecule has 3 rings (SSSR count). The van der Waals surface area contributed by atoms with Crippen molar-refractivity contribution in [1.82, 2.24) is 4.90 Å². The van der Waals surface area contributed by atoms with Crippen LogP contribution in [0, 0.1) is 12.7 Å². The van der Waals surface area contributed by atoms with Gasteiger partial charge in [-0.1, -0.05) is 35.9 Å². The van der Waals surface area contributed by atoms with E-state index in [1.807, 2.05) is 19.1 Å². The van der Waals surface area contributed by atoms with Gasteiger partial charge < -0.3 is 5.32 Å². The number of aryl methyl sites for hydroxylation is 1. The molecule has 5 heteroatoms. The number of hydrogen-bond acceptors (Lipinski definition) is 3. The Morgan fingerprint density at radius 3 is 2.28 bits per heavy atom. The molecule has 0 fully saturated rings. The lowest BCUT2D eigenvalue weighted by Gasteiger charge is -2.12. The van der Waals surface area contributed by atoms with E-state index in [1.54, 1.807) is 12.1 Å². The standard InChI is InChI=1S/C20H17FN2O2/c1-3-12-23-19(24)17(14-6-4-13(2)5-7-14)18(20(23)25)22-16-10-8-15(21)9-11-16/h3-11,22H,1,12H2,2H3. The fraction of sp³-hybridized carbons (Fsp3) is 0.100. The fourth-order valence-corrected chi connectivity index (χ4v) is 2.65. The number of carbonyl (C=O) groups excluding carboxylic acids is 2. The van der Waals surface area contributed by atoms with E-state index in [9.17, 15) is 14.0 Å². The molecule has 1 N–H and O–H groups in total. The highest BCUT2D eigenvalue weighted by atomic mass is 19.1. The zero-order valence-electron chi connectivity index (χ0n) is 13.8. The second-order valence-corrected chi connectivity index (χ2v) is 5.76. The first-order chi connectivity index (χ1) is 12.0. The number of halogens is 1. The van der Waals surface area contributed by atoms with Gasteiger partial charge in [-0.05, 0) is 36.8 Å². The zero-order chi connectivity index (χ0) is 18.0. The molecule has 0 radical (unpaired) electrons. The van der Waals surface area contributed by atoms with Crippen LogP contribution in [-0.2, 0) is 9.59 Å². The third-order valence-electron chi connectivity index (χ3n) is 3.93. The quantitative estimate of drug-likeness (QED) is 0.671. The van der Waals surface area contributed by atoms with Crippen LogP contribution >= 0.6 is 0 Å². The number of nitrogens with one attached hydrogen (secondary N) is 1. The molecule has 1 aliphatic rings. The predicted molar refractivity (Wildman–Crippen MR) is 95.0 cm³/mol. The molecule has 25 heavy (non-hydrogen) atoms. The molecule has 2 aromatic carbocycles. The summed E-state index contributed by atoms with van der Waals surface area (Å²) in [6.45, 7) is 5.67. The Hall–Kier alpha value is -3.21. The van der Waals surface area contributed by atoms with Gasteiger partial charge in [0.25, 0.3) is 11.8 Å². The van der Waals surface area contributed by atoms with Crippen molar-refractivity contribution in [2.75, 3.05) is 11.9 Å². The van der Waals surface area contributed by atoms with Crippen molar-refractivity contribution in [2.24, 2.45) is 0 Å². The maximum absolute atomic E-state index is 13.1. The van der Waals surface area contributed by atoms with Gasteiger partial charge in [0.05, 0.1) is 5.57 Å². The molecule has 4 nitrogen and oxygen atoms in total. The highest BCUT2D eigenvalue weighted by Gasteiger charge is 2.38. The van der Waals surface area contributed by atoms with Gasteiger partial charge in [-0.25, -0.2) is 4.39 Å². The summed E-state index contributed by atoms with van der Waals surface area (Å²) in [7, 11) is 0. The first-order valence-electron chi connectivity index (χ1n) is 7.82. The molecule has 126 valence electrons. The van der Waals surface area contributed by atoms with Crippen LogP contribution in [0.2, 0.25) is 0 Å². The smallest absolute Gasteiger partial charge is 0.278 e. The number of anilines is 1. The minimum atomic E-state index is -0.426. The van der Waals surface area contributed by atoms with E-state index in [0.29, 0.717) is 16.8 Å². The molecule has 0 saturated heterocycles. The summed E-state index contributed by atoms with van der Waals surface area (Å²) in [6.07, 6.45) is 1.50. The second-order valence-electron chi connectivity index (χ2n) is 5.76.